The molecule has 0 bridgehead atoms. The van der Waals surface area contributed by atoms with Crippen LogP contribution in [0.1, 0.15) is 107 Å². The molecule has 0 atom stereocenters. The van der Waals surface area contributed by atoms with Crippen LogP contribution >= 0.6 is 0 Å². The van der Waals surface area contributed by atoms with Crippen molar-refractivity contribution in [3.05, 3.63) is 58.7 Å². The number of aromatic nitrogens is 2. The number of nitriles is 1. The van der Waals surface area contributed by atoms with Crippen LogP contribution in [0, 0.1) is 16.7 Å². The zero-order chi connectivity index (χ0) is 25.6. The maximum Gasteiger partial charge on any atom is 0.202 e. The summed E-state index contributed by atoms with van der Waals surface area (Å²) in [5.74, 6) is 0.0335. The minimum absolute atomic E-state index is 0.163. The molecule has 0 amide bonds. The van der Waals surface area contributed by atoms with Crippen LogP contribution in [-0.4, -0.2) is 32.1 Å². The molecule has 1 fully saturated rings. The van der Waals surface area contributed by atoms with Gasteiger partial charge in [0.2, 0.25) is 5.78 Å². The molecule has 35 heavy (non-hydrogen) atoms. The number of benzene rings is 1. The van der Waals surface area contributed by atoms with Crippen molar-refractivity contribution < 1.29 is 14.6 Å². The standard InChI is InChI=1S/C29H37N3O3/c1-26(2)11-9-19(10-12-26)23-14-21(29(34)17-27(3,4)35-28(5,6)18-29)8-7-20(23)13-24(33)25-31-16-22(15-30)32-25/h7-9,14,16,34H,10-13,17-18H2,1-6H3,(H,31,32). The topological polar surface area (TPSA) is 99.0 Å². The number of carbonyl (C=O) groups is 1. The van der Waals surface area contributed by atoms with Gasteiger partial charge in [-0.2, -0.15) is 5.26 Å². The first-order valence-corrected chi connectivity index (χ1v) is 12.4. The van der Waals surface area contributed by atoms with Crippen LogP contribution in [0.5, 0.6) is 0 Å². The van der Waals surface area contributed by atoms with Crippen LogP contribution in [0.3, 0.4) is 0 Å². The fourth-order valence-electron chi connectivity index (χ4n) is 5.91. The van der Waals surface area contributed by atoms with E-state index in [-0.39, 0.29) is 29.1 Å². The maximum atomic E-state index is 13.0. The number of ether oxygens (including phenoxy) is 1. The lowest BCUT2D eigenvalue weighted by molar-refractivity contribution is -0.223. The lowest BCUT2D eigenvalue weighted by atomic mass is 9.72. The third-order valence-corrected chi connectivity index (χ3v) is 7.27. The Hall–Kier alpha value is -2.75. The SMILES string of the molecule is CC1(C)CC=C(c2cc(C3(O)CC(C)(C)OC(C)(C)C3)ccc2CC(=O)c2ncc(C#N)[nH]2)CC1. The average molecular weight is 476 g/mol. The van der Waals surface area contributed by atoms with Crippen molar-refractivity contribution in [2.24, 2.45) is 5.41 Å². The number of allylic oxidation sites excluding steroid dienone is 2. The summed E-state index contributed by atoms with van der Waals surface area (Å²) < 4.78 is 6.23. The van der Waals surface area contributed by atoms with Crippen molar-refractivity contribution in [3.63, 3.8) is 0 Å². The lowest BCUT2D eigenvalue weighted by Gasteiger charge is -2.50. The Kier molecular flexibility index (Phi) is 6.32. The van der Waals surface area contributed by atoms with Crippen molar-refractivity contribution in [1.29, 1.82) is 5.26 Å². The molecule has 2 heterocycles. The van der Waals surface area contributed by atoms with Gasteiger partial charge >= 0.3 is 0 Å². The number of Topliss-reactive ketones (excluding diaryl/α,β-unsaturated/α-hetero) is 1. The van der Waals surface area contributed by atoms with E-state index in [0.29, 0.717) is 12.8 Å². The molecule has 0 saturated carbocycles. The Morgan fingerprint density at radius 1 is 1.17 bits per heavy atom. The summed E-state index contributed by atoms with van der Waals surface area (Å²) in [4.78, 5) is 19.9. The monoisotopic (exact) mass is 475 g/mol. The molecule has 1 aromatic carbocycles. The highest BCUT2D eigenvalue weighted by molar-refractivity contribution is 5.95. The fraction of sp³-hybridized carbons (Fsp3) is 0.552. The molecule has 0 unspecified atom stereocenters. The Morgan fingerprint density at radius 2 is 1.86 bits per heavy atom. The van der Waals surface area contributed by atoms with Gasteiger partial charge in [-0.05, 0) is 80.7 Å². The Bertz CT molecular complexity index is 1190. The van der Waals surface area contributed by atoms with Crippen molar-refractivity contribution in [2.45, 2.75) is 96.9 Å². The smallest absolute Gasteiger partial charge is 0.202 e. The second-order valence-electron chi connectivity index (χ2n) is 12.3. The molecule has 6 nitrogen and oxygen atoms in total. The van der Waals surface area contributed by atoms with Crippen LogP contribution < -0.4 is 0 Å². The van der Waals surface area contributed by atoms with Gasteiger partial charge in [-0.25, -0.2) is 4.98 Å². The number of ketones is 1. The number of aromatic amines is 1. The van der Waals surface area contributed by atoms with E-state index in [2.05, 4.69) is 36.0 Å². The molecule has 2 aliphatic rings. The zero-order valence-electron chi connectivity index (χ0n) is 21.8. The number of hydrogen-bond acceptors (Lipinski definition) is 5. The number of imidazole rings is 1. The first kappa shape index (κ1) is 25.3. The van der Waals surface area contributed by atoms with Gasteiger partial charge < -0.3 is 14.8 Å². The third kappa shape index (κ3) is 5.58. The molecule has 1 aromatic heterocycles. The normalized spacial score (nSPS) is 22.2. The van der Waals surface area contributed by atoms with Crippen molar-refractivity contribution in [2.75, 3.05) is 0 Å². The Labute approximate surface area is 208 Å². The van der Waals surface area contributed by atoms with Gasteiger partial charge in [0.25, 0.3) is 0 Å². The minimum atomic E-state index is -1.03. The van der Waals surface area contributed by atoms with Crippen molar-refractivity contribution >= 4 is 11.4 Å². The zero-order valence-corrected chi connectivity index (χ0v) is 21.8. The van der Waals surface area contributed by atoms with Crippen LogP contribution in [-0.2, 0) is 16.8 Å². The van der Waals surface area contributed by atoms with E-state index in [9.17, 15) is 9.90 Å². The second-order valence-corrected chi connectivity index (χ2v) is 12.3. The summed E-state index contributed by atoms with van der Waals surface area (Å²) in [6.45, 7) is 12.7. The number of aliphatic hydroxyl groups is 1. The molecule has 0 spiro atoms. The molecule has 1 aliphatic heterocycles. The molecular weight excluding hydrogens is 438 g/mol. The Balaban J connectivity index is 1.74. The molecule has 1 aliphatic carbocycles. The van der Waals surface area contributed by atoms with E-state index in [0.717, 1.165) is 36.0 Å². The number of carbonyl (C=O) groups excluding carboxylic acids is 1. The van der Waals surface area contributed by atoms with Crippen LogP contribution in [0.4, 0.5) is 0 Å². The van der Waals surface area contributed by atoms with E-state index in [1.165, 1.54) is 11.8 Å². The summed E-state index contributed by atoms with van der Waals surface area (Å²) in [5, 5.41) is 20.9. The maximum absolute atomic E-state index is 13.0. The molecule has 4 rings (SSSR count). The number of nitrogens with one attached hydrogen (secondary N) is 1. The van der Waals surface area contributed by atoms with Gasteiger partial charge in [0.05, 0.1) is 23.0 Å². The largest absolute Gasteiger partial charge is 0.385 e. The van der Waals surface area contributed by atoms with Gasteiger partial charge in [-0.15, -0.1) is 0 Å². The highest BCUT2D eigenvalue weighted by atomic mass is 16.5. The Morgan fingerprint density at radius 3 is 2.43 bits per heavy atom. The number of hydrogen-bond donors (Lipinski definition) is 2. The highest BCUT2D eigenvalue weighted by Gasteiger charge is 2.48. The molecule has 6 heteroatoms. The molecule has 2 N–H and O–H groups in total. The van der Waals surface area contributed by atoms with Crippen LogP contribution in [0.15, 0.2) is 30.5 Å². The number of rotatable bonds is 5. The van der Waals surface area contributed by atoms with Gasteiger partial charge in [0, 0.05) is 19.3 Å². The first-order chi connectivity index (χ1) is 16.2. The predicted octanol–water partition coefficient (Wildman–Crippen LogP) is 5.86. The summed E-state index contributed by atoms with van der Waals surface area (Å²) in [5.41, 5.74) is 2.60. The third-order valence-electron chi connectivity index (χ3n) is 7.27. The summed E-state index contributed by atoms with van der Waals surface area (Å²) in [6.07, 6.45) is 7.81. The second kappa shape index (κ2) is 8.72. The van der Waals surface area contributed by atoms with E-state index in [1.807, 2.05) is 45.9 Å². The van der Waals surface area contributed by atoms with Gasteiger partial charge in [-0.3, -0.25) is 4.79 Å². The molecule has 2 aromatic rings. The molecule has 186 valence electrons. The number of H-pyrrole nitrogens is 1. The number of nitrogens with zero attached hydrogens (tertiary/aromatic N) is 2. The lowest BCUT2D eigenvalue weighted by Crippen LogP contribution is -2.52. The van der Waals surface area contributed by atoms with Gasteiger partial charge in [0.1, 0.15) is 11.8 Å². The van der Waals surface area contributed by atoms with Crippen LogP contribution in [0.2, 0.25) is 0 Å². The van der Waals surface area contributed by atoms with Crippen LogP contribution in [0.25, 0.3) is 5.57 Å². The summed E-state index contributed by atoms with van der Waals surface area (Å²) >= 11 is 0. The quantitative estimate of drug-likeness (QED) is 0.528. The molecule has 1 saturated heterocycles. The first-order valence-electron chi connectivity index (χ1n) is 12.4. The van der Waals surface area contributed by atoms with E-state index in [4.69, 9.17) is 10.00 Å². The van der Waals surface area contributed by atoms with E-state index < -0.39 is 16.8 Å². The van der Waals surface area contributed by atoms with Crippen molar-refractivity contribution in [3.8, 4) is 6.07 Å². The highest BCUT2D eigenvalue weighted by Crippen LogP contribution is 2.47. The predicted molar refractivity (Wildman–Crippen MR) is 136 cm³/mol. The summed E-state index contributed by atoms with van der Waals surface area (Å²) in [7, 11) is 0. The molecular formula is C29H37N3O3. The van der Waals surface area contributed by atoms with E-state index in [1.54, 1.807) is 0 Å². The summed E-state index contributed by atoms with van der Waals surface area (Å²) in [6, 6.07) is 8.01. The van der Waals surface area contributed by atoms with Crippen molar-refractivity contribution in [1.82, 2.24) is 9.97 Å². The van der Waals surface area contributed by atoms with Gasteiger partial charge in [-0.1, -0.05) is 32.1 Å². The fourth-order valence-corrected chi connectivity index (χ4v) is 5.91. The minimum Gasteiger partial charge on any atom is -0.385 e. The molecule has 0 radical (unpaired) electrons. The van der Waals surface area contributed by atoms with Gasteiger partial charge in [0.15, 0.2) is 5.82 Å². The average Bonchev–Trinajstić information content (AvgIpc) is 3.21. The van der Waals surface area contributed by atoms with E-state index >= 15 is 0 Å².